The fraction of sp³-hybridized carbons (Fsp3) is 0.182. The van der Waals surface area contributed by atoms with E-state index in [9.17, 15) is 14.4 Å². The first-order valence-corrected chi connectivity index (χ1v) is 4.52. The lowest BCUT2D eigenvalue weighted by atomic mass is 10.00. The lowest BCUT2D eigenvalue weighted by Crippen LogP contribution is -2.12. The van der Waals surface area contributed by atoms with Gasteiger partial charge in [-0.2, -0.15) is 0 Å². The van der Waals surface area contributed by atoms with Crippen LogP contribution in [0.25, 0.3) is 0 Å². The normalized spacial score (nSPS) is 13.7. The number of hydrogen-bond donors (Lipinski definition) is 1. The van der Waals surface area contributed by atoms with Gasteiger partial charge in [0.25, 0.3) is 11.7 Å². The molecule has 15 heavy (non-hydrogen) atoms. The Kier molecular flexibility index (Phi) is 1.93. The summed E-state index contributed by atoms with van der Waals surface area (Å²) >= 11 is 0. The molecule has 0 saturated heterocycles. The van der Waals surface area contributed by atoms with Gasteiger partial charge in [-0.3, -0.25) is 14.4 Å². The highest BCUT2D eigenvalue weighted by atomic mass is 16.2. The van der Waals surface area contributed by atoms with Crippen LogP contribution in [0.2, 0.25) is 0 Å². The Hall–Kier alpha value is -1.97. The molecule has 1 aliphatic rings. The number of ketones is 2. The molecule has 4 nitrogen and oxygen atoms in total. The van der Waals surface area contributed by atoms with Gasteiger partial charge in [0.2, 0.25) is 0 Å². The Morgan fingerprint density at radius 2 is 1.93 bits per heavy atom. The summed E-state index contributed by atoms with van der Waals surface area (Å²) < 4.78 is 0. The average molecular weight is 203 g/mol. The maximum absolute atomic E-state index is 11.4. The van der Waals surface area contributed by atoms with Crippen molar-refractivity contribution in [3.05, 3.63) is 28.8 Å². The molecule has 0 fully saturated rings. The maximum atomic E-state index is 11.4. The minimum atomic E-state index is -0.634. The predicted molar refractivity (Wildman–Crippen MR) is 54.1 cm³/mol. The van der Waals surface area contributed by atoms with Crippen molar-refractivity contribution < 1.29 is 14.4 Å². The molecule has 0 saturated carbocycles. The number of aryl methyl sites for hydroxylation is 1. The molecular formula is C11H9NO3. The van der Waals surface area contributed by atoms with Crippen molar-refractivity contribution in [1.29, 1.82) is 0 Å². The molecule has 1 aromatic carbocycles. The minimum Gasteiger partial charge on any atom is -0.318 e. The van der Waals surface area contributed by atoms with E-state index in [0.717, 1.165) is 5.56 Å². The van der Waals surface area contributed by atoms with E-state index in [0.29, 0.717) is 11.3 Å². The first kappa shape index (κ1) is 9.58. The van der Waals surface area contributed by atoms with Gasteiger partial charge in [0.05, 0.1) is 11.3 Å². The van der Waals surface area contributed by atoms with Crippen LogP contribution in [0.1, 0.15) is 33.2 Å². The zero-order valence-corrected chi connectivity index (χ0v) is 8.38. The third-order valence-electron chi connectivity index (χ3n) is 2.44. The Bertz CT molecular complexity index is 503. The van der Waals surface area contributed by atoms with E-state index >= 15 is 0 Å². The molecule has 1 heterocycles. The van der Waals surface area contributed by atoms with E-state index in [-0.39, 0.29) is 11.3 Å². The second-order valence-electron chi connectivity index (χ2n) is 3.55. The van der Waals surface area contributed by atoms with Crippen molar-refractivity contribution in [2.75, 3.05) is 5.32 Å². The number of nitrogens with one attached hydrogen (secondary N) is 1. The molecule has 0 aromatic heterocycles. The third kappa shape index (κ3) is 1.34. The Labute approximate surface area is 86.3 Å². The van der Waals surface area contributed by atoms with Crippen molar-refractivity contribution in [3.63, 3.8) is 0 Å². The zero-order valence-electron chi connectivity index (χ0n) is 8.38. The molecule has 1 amide bonds. The predicted octanol–water partition coefficient (Wildman–Crippen LogP) is 1.33. The van der Waals surface area contributed by atoms with Gasteiger partial charge in [0.1, 0.15) is 0 Å². The first-order valence-electron chi connectivity index (χ1n) is 4.52. The summed E-state index contributed by atoms with van der Waals surface area (Å²) in [5.74, 6) is -1.32. The number of hydrogen-bond acceptors (Lipinski definition) is 3. The van der Waals surface area contributed by atoms with E-state index in [2.05, 4.69) is 5.32 Å². The van der Waals surface area contributed by atoms with E-state index in [1.807, 2.05) is 0 Å². The van der Waals surface area contributed by atoms with E-state index in [1.54, 1.807) is 13.0 Å². The summed E-state index contributed by atoms with van der Waals surface area (Å²) in [6, 6.07) is 3.13. The molecule has 2 rings (SSSR count). The molecule has 0 unspecified atom stereocenters. The highest BCUT2D eigenvalue weighted by Crippen LogP contribution is 2.26. The van der Waals surface area contributed by atoms with Gasteiger partial charge in [-0.15, -0.1) is 0 Å². The van der Waals surface area contributed by atoms with Crippen LogP contribution in [0.4, 0.5) is 5.69 Å². The monoisotopic (exact) mass is 203 g/mol. The summed E-state index contributed by atoms with van der Waals surface area (Å²) in [6.45, 7) is 3.20. The SMILES string of the molecule is CC(=O)c1cc2c(cc1C)NC(=O)C2=O. The summed E-state index contributed by atoms with van der Waals surface area (Å²) in [5, 5.41) is 2.45. The van der Waals surface area contributed by atoms with Crippen molar-refractivity contribution in [1.82, 2.24) is 0 Å². The zero-order chi connectivity index (χ0) is 11.2. The summed E-state index contributed by atoms with van der Waals surface area (Å²) in [4.78, 5) is 33.7. The number of anilines is 1. The quantitative estimate of drug-likeness (QED) is 0.553. The van der Waals surface area contributed by atoms with Gasteiger partial charge in [-0.05, 0) is 31.5 Å². The van der Waals surface area contributed by atoms with Crippen molar-refractivity contribution >= 4 is 23.2 Å². The molecule has 0 aliphatic carbocycles. The molecule has 0 atom stereocenters. The van der Waals surface area contributed by atoms with Crippen molar-refractivity contribution in [2.24, 2.45) is 0 Å². The molecule has 1 aliphatic heterocycles. The molecule has 1 aromatic rings. The van der Waals surface area contributed by atoms with Crippen LogP contribution in [0.3, 0.4) is 0 Å². The Morgan fingerprint density at radius 1 is 1.27 bits per heavy atom. The Morgan fingerprint density at radius 3 is 2.53 bits per heavy atom. The van der Waals surface area contributed by atoms with Crippen LogP contribution in [0, 0.1) is 6.92 Å². The molecule has 0 bridgehead atoms. The third-order valence-corrected chi connectivity index (χ3v) is 2.44. The first-order chi connectivity index (χ1) is 7.00. The topological polar surface area (TPSA) is 63.2 Å². The second kappa shape index (κ2) is 3.02. The maximum Gasteiger partial charge on any atom is 0.296 e. The van der Waals surface area contributed by atoms with Gasteiger partial charge >= 0.3 is 0 Å². The largest absolute Gasteiger partial charge is 0.318 e. The summed E-state index contributed by atoms with van der Waals surface area (Å²) in [7, 11) is 0. The molecule has 0 radical (unpaired) electrons. The van der Waals surface area contributed by atoms with Crippen LogP contribution in [0.5, 0.6) is 0 Å². The lowest BCUT2D eigenvalue weighted by molar-refractivity contribution is -0.112. The standard InChI is InChI=1S/C11H9NO3/c1-5-3-9-8(4-7(5)6(2)13)10(14)11(15)12-9/h3-4H,1-2H3,(H,12,14,15). The summed E-state index contributed by atoms with van der Waals surface area (Å²) in [5.41, 5.74) is 2.03. The molecule has 0 spiro atoms. The second-order valence-corrected chi connectivity index (χ2v) is 3.55. The molecular weight excluding hydrogens is 194 g/mol. The number of Topliss-reactive ketones (excluding diaryl/α,β-unsaturated/α-hetero) is 2. The van der Waals surface area contributed by atoms with Gasteiger partial charge < -0.3 is 5.32 Å². The fourth-order valence-corrected chi connectivity index (χ4v) is 1.68. The number of rotatable bonds is 1. The van der Waals surface area contributed by atoms with Crippen molar-refractivity contribution in [3.8, 4) is 0 Å². The van der Waals surface area contributed by atoms with Gasteiger partial charge in [0.15, 0.2) is 5.78 Å². The van der Waals surface area contributed by atoms with E-state index in [4.69, 9.17) is 0 Å². The smallest absolute Gasteiger partial charge is 0.296 e. The van der Waals surface area contributed by atoms with Crippen molar-refractivity contribution in [2.45, 2.75) is 13.8 Å². The van der Waals surface area contributed by atoms with Crippen LogP contribution in [-0.4, -0.2) is 17.5 Å². The number of benzene rings is 1. The van der Waals surface area contributed by atoms with Gasteiger partial charge in [-0.25, -0.2) is 0 Å². The number of fused-ring (bicyclic) bond motifs is 1. The number of carbonyl (C=O) groups excluding carboxylic acids is 3. The van der Waals surface area contributed by atoms with E-state index < -0.39 is 11.7 Å². The average Bonchev–Trinajstić information content (AvgIpc) is 2.41. The Balaban J connectivity index is 2.65. The molecule has 4 heteroatoms. The highest BCUT2D eigenvalue weighted by molar-refractivity contribution is 6.51. The fourth-order valence-electron chi connectivity index (χ4n) is 1.68. The van der Waals surface area contributed by atoms with Crippen LogP contribution < -0.4 is 5.32 Å². The van der Waals surface area contributed by atoms with Gasteiger partial charge in [0, 0.05) is 5.56 Å². The molecule has 76 valence electrons. The summed E-state index contributed by atoms with van der Waals surface area (Å²) in [6.07, 6.45) is 0. The van der Waals surface area contributed by atoms with Crippen LogP contribution in [-0.2, 0) is 4.79 Å². The lowest BCUT2D eigenvalue weighted by Gasteiger charge is -2.04. The number of carbonyl (C=O) groups is 3. The van der Waals surface area contributed by atoms with Gasteiger partial charge in [-0.1, -0.05) is 0 Å². The van der Waals surface area contributed by atoms with Crippen LogP contribution >= 0.6 is 0 Å². The van der Waals surface area contributed by atoms with Crippen LogP contribution in [0.15, 0.2) is 12.1 Å². The van der Waals surface area contributed by atoms with E-state index in [1.165, 1.54) is 13.0 Å². The number of amides is 1. The highest BCUT2D eigenvalue weighted by Gasteiger charge is 2.29. The minimum absolute atomic E-state index is 0.109. The molecule has 1 N–H and O–H groups in total.